The molecule has 0 aliphatic heterocycles. The topological polar surface area (TPSA) is 0 Å². The third kappa shape index (κ3) is 3.91. The van der Waals surface area contributed by atoms with Crippen molar-refractivity contribution in [1.29, 1.82) is 0 Å². The molecule has 0 amide bonds. The van der Waals surface area contributed by atoms with Crippen LogP contribution in [0, 0.1) is 0 Å². The van der Waals surface area contributed by atoms with Crippen LogP contribution in [-0.4, -0.2) is 0 Å². The van der Waals surface area contributed by atoms with Crippen molar-refractivity contribution >= 4 is 63.8 Å². The van der Waals surface area contributed by atoms with E-state index < -0.39 is 0 Å². The minimum absolute atomic E-state index is 1.24. The molecular formula is C48H28S. The summed E-state index contributed by atoms with van der Waals surface area (Å²) >= 11 is 1.87. The second kappa shape index (κ2) is 10.2. The average molecular weight is 637 g/mol. The highest BCUT2D eigenvalue weighted by atomic mass is 32.1. The zero-order chi connectivity index (χ0) is 32.1. The van der Waals surface area contributed by atoms with E-state index in [0.29, 0.717) is 0 Å². The molecule has 226 valence electrons. The number of benzene rings is 9. The van der Waals surface area contributed by atoms with E-state index in [1.165, 1.54) is 108 Å². The lowest BCUT2D eigenvalue weighted by Gasteiger charge is -2.25. The molecule has 0 fully saturated rings. The predicted molar refractivity (Wildman–Crippen MR) is 213 cm³/mol. The second-order valence-corrected chi connectivity index (χ2v) is 14.3. The third-order valence-electron chi connectivity index (χ3n) is 10.6. The molecular weight excluding hydrogens is 609 g/mol. The van der Waals surface area contributed by atoms with Gasteiger partial charge in [-0.3, -0.25) is 0 Å². The maximum atomic E-state index is 2.47. The van der Waals surface area contributed by atoms with E-state index in [0.717, 1.165) is 0 Å². The van der Waals surface area contributed by atoms with Crippen LogP contribution in [0.15, 0.2) is 170 Å². The van der Waals surface area contributed by atoms with Gasteiger partial charge in [-0.2, -0.15) is 0 Å². The van der Waals surface area contributed by atoms with Crippen LogP contribution in [0.2, 0.25) is 0 Å². The Hall–Kier alpha value is -6.02. The lowest BCUT2D eigenvalue weighted by atomic mass is 9.78. The molecule has 0 atom stereocenters. The Labute approximate surface area is 288 Å². The summed E-state index contributed by atoms with van der Waals surface area (Å²) in [6.45, 7) is 0. The zero-order valence-electron chi connectivity index (χ0n) is 26.6. The van der Waals surface area contributed by atoms with E-state index in [-0.39, 0.29) is 0 Å². The summed E-state index contributed by atoms with van der Waals surface area (Å²) in [6.07, 6.45) is 0. The van der Waals surface area contributed by atoms with Crippen molar-refractivity contribution in [3.63, 3.8) is 0 Å². The maximum Gasteiger partial charge on any atom is 0.0355 e. The standard InChI is InChI=1S/C48H28S/c1-4-14-34-31(11-1)32-12-2-5-15-35(32)43-28-45-38-18-8-7-17-37(38)41-25-29(30-22-24-48-46(26-30)40-19-9-10-20-47(40)49-48)21-23-39(41)33-13-3-6-16-36(33)44(45)27-42(34)43/h1-28H. The summed E-state index contributed by atoms with van der Waals surface area (Å²) in [4.78, 5) is 0. The van der Waals surface area contributed by atoms with E-state index >= 15 is 0 Å². The number of fused-ring (bicyclic) bond motifs is 17. The number of rotatable bonds is 1. The molecule has 1 heteroatoms. The molecule has 1 aromatic heterocycles. The molecule has 10 aromatic rings. The van der Waals surface area contributed by atoms with Gasteiger partial charge in [0, 0.05) is 20.2 Å². The first kappa shape index (κ1) is 27.0. The van der Waals surface area contributed by atoms with Gasteiger partial charge >= 0.3 is 0 Å². The van der Waals surface area contributed by atoms with E-state index in [4.69, 9.17) is 0 Å². The smallest absolute Gasteiger partial charge is 0.0355 e. The summed E-state index contributed by atoms with van der Waals surface area (Å²) in [6, 6.07) is 63.5. The monoisotopic (exact) mass is 636 g/mol. The normalized spacial score (nSPS) is 12.1. The molecule has 1 aliphatic rings. The number of hydrogen-bond donors (Lipinski definition) is 0. The molecule has 49 heavy (non-hydrogen) atoms. The van der Waals surface area contributed by atoms with Crippen LogP contribution in [0.5, 0.6) is 0 Å². The highest BCUT2D eigenvalue weighted by Crippen LogP contribution is 2.51. The van der Waals surface area contributed by atoms with Crippen molar-refractivity contribution in [2.75, 3.05) is 0 Å². The van der Waals surface area contributed by atoms with E-state index in [1.54, 1.807) is 0 Å². The van der Waals surface area contributed by atoms with Crippen molar-refractivity contribution in [2.45, 2.75) is 0 Å². The Kier molecular flexibility index (Phi) is 5.64. The van der Waals surface area contributed by atoms with Gasteiger partial charge in [-0.25, -0.2) is 0 Å². The van der Waals surface area contributed by atoms with Gasteiger partial charge < -0.3 is 0 Å². The Morgan fingerprint density at radius 3 is 1.20 bits per heavy atom. The van der Waals surface area contributed by atoms with Crippen LogP contribution in [0.1, 0.15) is 0 Å². The summed E-state index contributed by atoms with van der Waals surface area (Å²) in [5, 5.41) is 10.5. The highest BCUT2D eigenvalue weighted by molar-refractivity contribution is 7.25. The minimum atomic E-state index is 1.24. The van der Waals surface area contributed by atoms with Crippen molar-refractivity contribution in [3.05, 3.63) is 170 Å². The molecule has 0 nitrogen and oxygen atoms in total. The molecule has 0 unspecified atom stereocenters. The number of thiophene rings is 1. The average Bonchev–Trinajstić information content (AvgIpc) is 3.55. The predicted octanol–water partition coefficient (Wildman–Crippen LogP) is 14.2. The molecule has 0 radical (unpaired) electrons. The van der Waals surface area contributed by atoms with Crippen LogP contribution in [0.25, 0.3) is 108 Å². The molecule has 0 saturated carbocycles. The Bertz CT molecular complexity index is 2990. The third-order valence-corrected chi connectivity index (χ3v) is 11.8. The van der Waals surface area contributed by atoms with Crippen molar-refractivity contribution in [1.82, 2.24) is 0 Å². The van der Waals surface area contributed by atoms with E-state index in [2.05, 4.69) is 170 Å². The Balaban J connectivity index is 1.22. The molecule has 0 bridgehead atoms. The van der Waals surface area contributed by atoms with Gasteiger partial charge in [-0.1, -0.05) is 133 Å². The fourth-order valence-corrected chi connectivity index (χ4v) is 9.48. The largest absolute Gasteiger partial charge is 0.135 e. The molecule has 0 spiro atoms. The first-order valence-electron chi connectivity index (χ1n) is 16.9. The van der Waals surface area contributed by atoms with Gasteiger partial charge in [0.1, 0.15) is 0 Å². The van der Waals surface area contributed by atoms with E-state index in [9.17, 15) is 0 Å². The molecule has 1 aliphatic carbocycles. The van der Waals surface area contributed by atoms with Gasteiger partial charge in [0.05, 0.1) is 0 Å². The summed E-state index contributed by atoms with van der Waals surface area (Å²) in [5.41, 5.74) is 12.6. The Morgan fingerprint density at radius 2 is 0.612 bits per heavy atom. The van der Waals surface area contributed by atoms with Crippen LogP contribution >= 0.6 is 11.3 Å². The van der Waals surface area contributed by atoms with Gasteiger partial charge in [0.25, 0.3) is 0 Å². The summed E-state index contributed by atoms with van der Waals surface area (Å²) in [5.74, 6) is 0. The summed E-state index contributed by atoms with van der Waals surface area (Å²) < 4.78 is 2.67. The quantitative estimate of drug-likeness (QED) is 0.157. The first-order valence-corrected chi connectivity index (χ1v) is 17.7. The Morgan fingerprint density at radius 1 is 0.224 bits per heavy atom. The molecule has 11 rings (SSSR count). The molecule has 0 saturated heterocycles. The van der Waals surface area contributed by atoms with Crippen LogP contribution < -0.4 is 0 Å². The van der Waals surface area contributed by atoms with Crippen molar-refractivity contribution < 1.29 is 0 Å². The second-order valence-electron chi connectivity index (χ2n) is 13.2. The van der Waals surface area contributed by atoms with Crippen LogP contribution in [-0.2, 0) is 0 Å². The maximum absolute atomic E-state index is 2.47. The molecule has 0 N–H and O–H groups in total. The lowest BCUT2D eigenvalue weighted by Crippen LogP contribution is -1.98. The lowest BCUT2D eigenvalue weighted by molar-refractivity contribution is 1.53. The fraction of sp³-hybridized carbons (Fsp3) is 0. The van der Waals surface area contributed by atoms with Crippen molar-refractivity contribution in [3.8, 4) is 55.6 Å². The highest BCUT2D eigenvalue weighted by Gasteiger charge is 2.24. The molecule has 9 aromatic carbocycles. The van der Waals surface area contributed by atoms with Crippen molar-refractivity contribution in [2.24, 2.45) is 0 Å². The van der Waals surface area contributed by atoms with E-state index in [1.807, 2.05) is 11.3 Å². The van der Waals surface area contributed by atoms with Crippen LogP contribution in [0.4, 0.5) is 0 Å². The number of hydrogen-bond acceptors (Lipinski definition) is 1. The SMILES string of the molecule is c1ccc2c(c1)-c1ccc(-c3ccc4sc5ccccc5c4c3)cc1-c1ccccc1-c1cc3c4ccccc4c4ccccc4c3cc1-2. The molecule has 1 heterocycles. The van der Waals surface area contributed by atoms with Gasteiger partial charge in [0.15, 0.2) is 0 Å². The van der Waals surface area contributed by atoms with Gasteiger partial charge in [0.2, 0.25) is 0 Å². The van der Waals surface area contributed by atoms with Gasteiger partial charge in [-0.15, -0.1) is 11.3 Å². The first-order chi connectivity index (χ1) is 24.3. The van der Waals surface area contributed by atoms with Gasteiger partial charge in [-0.05, 0) is 124 Å². The zero-order valence-corrected chi connectivity index (χ0v) is 27.4. The van der Waals surface area contributed by atoms with Crippen LogP contribution in [0.3, 0.4) is 0 Å². The fourth-order valence-electron chi connectivity index (χ4n) is 8.39. The minimum Gasteiger partial charge on any atom is -0.135 e. The summed E-state index contributed by atoms with van der Waals surface area (Å²) in [7, 11) is 0.